The molecule has 1 saturated heterocycles. The van der Waals surface area contributed by atoms with Crippen molar-refractivity contribution in [2.45, 2.75) is 32.4 Å². The molecule has 1 atom stereocenters. The zero-order valence-electron chi connectivity index (χ0n) is 17.1. The van der Waals surface area contributed by atoms with E-state index in [2.05, 4.69) is 58.6 Å². The van der Waals surface area contributed by atoms with Crippen molar-refractivity contribution in [2.75, 3.05) is 32.0 Å². The molecule has 8 nitrogen and oxygen atoms in total. The maximum absolute atomic E-state index is 4.94. The van der Waals surface area contributed by atoms with Crippen LogP contribution in [0.1, 0.15) is 19.5 Å². The van der Waals surface area contributed by atoms with Gasteiger partial charge in [-0.25, -0.2) is 9.50 Å². The predicted octanol–water partition coefficient (Wildman–Crippen LogP) is 2.14. The van der Waals surface area contributed by atoms with Crippen molar-refractivity contribution in [3.8, 4) is 11.3 Å². The van der Waals surface area contributed by atoms with Gasteiger partial charge in [0.25, 0.3) is 0 Å². The van der Waals surface area contributed by atoms with Crippen LogP contribution in [0.3, 0.4) is 0 Å². The third-order valence-electron chi connectivity index (χ3n) is 5.69. The van der Waals surface area contributed by atoms with E-state index in [0.29, 0.717) is 12.0 Å². The summed E-state index contributed by atoms with van der Waals surface area (Å²) in [5.41, 5.74) is 6.04. The zero-order chi connectivity index (χ0) is 20.0. The summed E-state index contributed by atoms with van der Waals surface area (Å²) in [6, 6.07) is 6.83. The maximum Gasteiger partial charge on any atom is 0.241 e. The molecular weight excluding hydrogens is 364 g/mol. The molecule has 0 aliphatic carbocycles. The fourth-order valence-electron chi connectivity index (χ4n) is 4.13. The average molecular weight is 390 g/mol. The van der Waals surface area contributed by atoms with Crippen molar-refractivity contribution in [3.63, 3.8) is 0 Å². The minimum Gasteiger partial charge on any atom is -0.348 e. The molecular formula is C21H26N8. The molecule has 0 amide bonds. The molecule has 2 aliphatic rings. The van der Waals surface area contributed by atoms with Gasteiger partial charge >= 0.3 is 0 Å². The molecule has 0 radical (unpaired) electrons. The number of anilines is 1. The largest absolute Gasteiger partial charge is 0.348 e. The summed E-state index contributed by atoms with van der Waals surface area (Å²) in [7, 11) is 2.11. The van der Waals surface area contributed by atoms with Crippen molar-refractivity contribution in [3.05, 3.63) is 36.3 Å². The van der Waals surface area contributed by atoms with Crippen LogP contribution < -0.4 is 10.6 Å². The van der Waals surface area contributed by atoms with Gasteiger partial charge < -0.3 is 15.5 Å². The first-order chi connectivity index (χ1) is 14.1. The van der Waals surface area contributed by atoms with Gasteiger partial charge in [0.1, 0.15) is 0 Å². The van der Waals surface area contributed by atoms with Crippen molar-refractivity contribution in [1.82, 2.24) is 29.8 Å². The van der Waals surface area contributed by atoms with Crippen LogP contribution in [0.4, 0.5) is 11.6 Å². The minimum atomic E-state index is 0.253. The molecule has 3 aromatic rings. The Morgan fingerprint density at radius 1 is 1.21 bits per heavy atom. The number of pyridine rings is 1. The molecule has 8 heteroatoms. The van der Waals surface area contributed by atoms with Crippen molar-refractivity contribution in [1.29, 1.82) is 0 Å². The van der Waals surface area contributed by atoms with Gasteiger partial charge in [0, 0.05) is 37.0 Å². The number of hydrogen-bond donors (Lipinski definition) is 2. The smallest absolute Gasteiger partial charge is 0.241 e. The van der Waals surface area contributed by atoms with Gasteiger partial charge in [0.2, 0.25) is 5.95 Å². The normalized spacial score (nSPS) is 19.7. The van der Waals surface area contributed by atoms with Gasteiger partial charge in [-0.05, 0) is 38.7 Å². The quantitative estimate of drug-likeness (QED) is 0.695. The van der Waals surface area contributed by atoms with Crippen LogP contribution >= 0.6 is 0 Å². The first kappa shape index (κ1) is 18.2. The number of likely N-dealkylation sites (tertiary alicyclic amines) is 1. The Kier molecular flexibility index (Phi) is 4.52. The number of fused-ring (bicyclic) bond motifs is 2. The molecule has 0 aromatic carbocycles. The number of likely N-dealkylation sites (N-methyl/N-ethyl adjacent to an activating group) is 2. The van der Waals surface area contributed by atoms with Gasteiger partial charge in [0.05, 0.1) is 40.9 Å². The Bertz CT molecular complexity index is 1080. The van der Waals surface area contributed by atoms with E-state index in [0.717, 1.165) is 59.9 Å². The first-order valence-electron chi connectivity index (χ1n) is 10.2. The molecule has 1 unspecified atom stereocenters. The van der Waals surface area contributed by atoms with Crippen LogP contribution in [0, 0.1) is 0 Å². The van der Waals surface area contributed by atoms with Crippen molar-refractivity contribution >= 4 is 22.9 Å². The molecule has 5 heterocycles. The molecule has 2 aliphatic heterocycles. The molecule has 150 valence electrons. The molecule has 0 bridgehead atoms. The van der Waals surface area contributed by atoms with Crippen LogP contribution in [0.25, 0.3) is 16.8 Å². The lowest BCUT2D eigenvalue weighted by Crippen LogP contribution is -2.52. The van der Waals surface area contributed by atoms with E-state index in [1.165, 1.54) is 0 Å². The SMILES string of the molecule is CCNC1Cc2nc(-c3ccn4nc(NC5CN(C)C5)ncc34)ccc2N=C1C. The fraction of sp³-hybridized carbons (Fsp3) is 0.429. The van der Waals surface area contributed by atoms with E-state index in [1.807, 2.05) is 23.0 Å². The Morgan fingerprint density at radius 2 is 2.07 bits per heavy atom. The van der Waals surface area contributed by atoms with E-state index in [4.69, 9.17) is 9.98 Å². The summed E-state index contributed by atoms with van der Waals surface area (Å²) in [5.74, 6) is 0.662. The third-order valence-corrected chi connectivity index (χ3v) is 5.69. The van der Waals surface area contributed by atoms with Crippen molar-refractivity contribution in [2.24, 2.45) is 4.99 Å². The van der Waals surface area contributed by atoms with Gasteiger partial charge in [-0.2, -0.15) is 0 Å². The van der Waals surface area contributed by atoms with Gasteiger partial charge in [-0.1, -0.05) is 6.92 Å². The van der Waals surface area contributed by atoms with Crippen LogP contribution in [0.5, 0.6) is 0 Å². The molecule has 1 fully saturated rings. The third kappa shape index (κ3) is 3.38. The molecule has 3 aromatic heterocycles. The van der Waals surface area contributed by atoms with Crippen molar-refractivity contribution < 1.29 is 0 Å². The topological polar surface area (TPSA) is 82.7 Å². The monoisotopic (exact) mass is 390 g/mol. The molecule has 2 N–H and O–H groups in total. The second kappa shape index (κ2) is 7.20. The van der Waals surface area contributed by atoms with Crippen LogP contribution in [0.2, 0.25) is 0 Å². The van der Waals surface area contributed by atoms with Crippen LogP contribution in [0.15, 0.2) is 35.6 Å². The molecule has 0 spiro atoms. The average Bonchev–Trinajstić information content (AvgIpc) is 3.10. The van der Waals surface area contributed by atoms with E-state index >= 15 is 0 Å². The summed E-state index contributed by atoms with van der Waals surface area (Å²) in [6.45, 7) is 7.16. The number of nitrogens with one attached hydrogen (secondary N) is 2. The summed E-state index contributed by atoms with van der Waals surface area (Å²) in [5, 5.41) is 11.5. The van der Waals surface area contributed by atoms with Gasteiger partial charge in [0.15, 0.2) is 0 Å². The highest BCUT2D eigenvalue weighted by atomic mass is 15.3. The number of nitrogens with zero attached hydrogens (tertiary/aromatic N) is 6. The van der Waals surface area contributed by atoms with Gasteiger partial charge in [-0.3, -0.25) is 9.98 Å². The lowest BCUT2D eigenvalue weighted by atomic mass is 10.0. The Labute approximate surface area is 170 Å². The Morgan fingerprint density at radius 3 is 2.86 bits per heavy atom. The minimum absolute atomic E-state index is 0.253. The fourth-order valence-corrected chi connectivity index (χ4v) is 4.13. The molecule has 0 saturated carbocycles. The zero-order valence-corrected chi connectivity index (χ0v) is 17.1. The second-order valence-corrected chi connectivity index (χ2v) is 7.93. The Hall–Kier alpha value is -2.84. The number of rotatable bonds is 5. The first-order valence-corrected chi connectivity index (χ1v) is 10.2. The maximum atomic E-state index is 4.94. The van der Waals surface area contributed by atoms with Crippen LogP contribution in [-0.2, 0) is 6.42 Å². The number of aromatic nitrogens is 4. The predicted molar refractivity (Wildman–Crippen MR) is 115 cm³/mol. The number of hydrogen-bond acceptors (Lipinski definition) is 7. The summed E-state index contributed by atoms with van der Waals surface area (Å²) in [6.07, 6.45) is 4.70. The van der Waals surface area contributed by atoms with Crippen LogP contribution in [-0.4, -0.2) is 69.0 Å². The van der Waals surface area contributed by atoms with E-state index < -0.39 is 0 Å². The highest BCUT2D eigenvalue weighted by Crippen LogP contribution is 2.30. The molecule has 29 heavy (non-hydrogen) atoms. The van der Waals surface area contributed by atoms with E-state index in [1.54, 1.807) is 0 Å². The number of aliphatic imine (C=N–C) groups is 1. The molecule has 5 rings (SSSR count). The summed E-state index contributed by atoms with van der Waals surface area (Å²) < 4.78 is 1.87. The lowest BCUT2D eigenvalue weighted by Gasteiger charge is -2.36. The highest BCUT2D eigenvalue weighted by Gasteiger charge is 2.24. The lowest BCUT2D eigenvalue weighted by molar-refractivity contribution is 0.204. The highest BCUT2D eigenvalue weighted by molar-refractivity contribution is 5.92. The summed E-state index contributed by atoms with van der Waals surface area (Å²) in [4.78, 5) is 16.5. The van der Waals surface area contributed by atoms with Gasteiger partial charge in [-0.15, -0.1) is 5.10 Å². The van der Waals surface area contributed by atoms with E-state index in [9.17, 15) is 0 Å². The Balaban J connectivity index is 1.43. The second-order valence-electron chi connectivity index (χ2n) is 7.93. The standard InChI is InChI=1S/C21H26N8/c1-4-22-18-9-19-17(24-13(18)2)6-5-16(26-19)15-7-8-29-20(15)10-23-21(27-29)25-14-11-28(3)12-14/h5-8,10,14,18,22H,4,9,11-12H2,1-3H3,(H,25,27). The van der Waals surface area contributed by atoms with E-state index in [-0.39, 0.29) is 6.04 Å². The summed E-state index contributed by atoms with van der Waals surface area (Å²) >= 11 is 0.